The van der Waals surface area contributed by atoms with Gasteiger partial charge in [-0.3, -0.25) is 14.9 Å². The van der Waals surface area contributed by atoms with Crippen LogP contribution >= 0.6 is 12.4 Å². The van der Waals surface area contributed by atoms with Crippen LogP contribution in [0.5, 0.6) is 5.75 Å². The van der Waals surface area contributed by atoms with Crippen LogP contribution in [0.1, 0.15) is 30.4 Å². The summed E-state index contributed by atoms with van der Waals surface area (Å²) in [7, 11) is -4.04. The minimum Gasteiger partial charge on any atom is -0.489 e. The monoisotopic (exact) mass is 674 g/mol. The van der Waals surface area contributed by atoms with E-state index >= 15 is 0 Å². The van der Waals surface area contributed by atoms with Crippen molar-refractivity contribution in [3.05, 3.63) is 102 Å². The number of sulfonamides is 1. The number of guanidine groups is 1. The molecule has 0 radical (unpaired) electrons. The highest BCUT2D eigenvalue weighted by Gasteiger charge is 2.27. The highest BCUT2D eigenvalue weighted by Crippen LogP contribution is 2.35. The number of para-hydroxylation sites is 1. The number of carbonyl (C=O) groups excluding carboxylic acids is 1. The fourth-order valence-electron chi connectivity index (χ4n) is 6.26. The quantitative estimate of drug-likeness (QED) is 0.105. The van der Waals surface area contributed by atoms with Crippen LogP contribution in [-0.4, -0.2) is 42.8 Å². The van der Waals surface area contributed by atoms with E-state index in [9.17, 15) is 13.2 Å². The lowest BCUT2D eigenvalue weighted by molar-refractivity contribution is -0.117. The van der Waals surface area contributed by atoms with Gasteiger partial charge in [0.05, 0.1) is 4.90 Å². The lowest BCUT2D eigenvalue weighted by atomic mass is 9.98. The summed E-state index contributed by atoms with van der Waals surface area (Å²) in [6.07, 6.45) is 2.17. The summed E-state index contributed by atoms with van der Waals surface area (Å²) in [6.45, 7) is 2.28. The van der Waals surface area contributed by atoms with E-state index in [1.165, 1.54) is 0 Å². The van der Waals surface area contributed by atoms with E-state index in [0.29, 0.717) is 31.3 Å². The van der Waals surface area contributed by atoms with E-state index < -0.39 is 15.9 Å². The van der Waals surface area contributed by atoms with Crippen molar-refractivity contribution in [1.29, 1.82) is 5.41 Å². The zero-order chi connectivity index (χ0) is 32.3. The number of halogens is 1. The number of hydrogen-bond donors (Lipinski definition) is 4. The number of benzene rings is 4. The Morgan fingerprint density at radius 1 is 0.957 bits per heavy atom. The van der Waals surface area contributed by atoms with Crippen LogP contribution < -0.4 is 20.9 Å². The molecule has 1 atom stereocenters. The zero-order valence-corrected chi connectivity index (χ0v) is 27.5. The number of aromatic nitrogens is 1. The molecule has 1 saturated heterocycles. The summed E-state index contributed by atoms with van der Waals surface area (Å²) in [5.41, 5.74) is 14.0. The molecule has 6 N–H and O–H groups in total. The van der Waals surface area contributed by atoms with Crippen LogP contribution in [0, 0.1) is 11.3 Å². The Balaban J connectivity index is 0.00000433. The van der Waals surface area contributed by atoms with Gasteiger partial charge in [0.2, 0.25) is 5.91 Å². The third-order valence-corrected chi connectivity index (χ3v) is 9.91. The molecule has 1 fully saturated rings. The van der Waals surface area contributed by atoms with Crippen LogP contribution in [0.15, 0.2) is 95.9 Å². The van der Waals surface area contributed by atoms with E-state index in [-0.39, 0.29) is 42.0 Å². The van der Waals surface area contributed by atoms with Crippen molar-refractivity contribution in [2.75, 3.05) is 17.8 Å². The third-order valence-electron chi connectivity index (χ3n) is 8.57. The molecule has 0 saturated carbocycles. The van der Waals surface area contributed by atoms with Gasteiger partial charge in [-0.05, 0) is 71.8 Å². The smallest absolute Gasteiger partial charge is 0.263 e. The normalized spacial score (nSPS) is 14.9. The molecular weight excluding hydrogens is 636 g/mol. The van der Waals surface area contributed by atoms with Crippen molar-refractivity contribution in [3.63, 3.8) is 0 Å². The molecular formula is C35H39ClN6O4S. The summed E-state index contributed by atoms with van der Waals surface area (Å²) >= 11 is 0. The molecule has 0 unspecified atom stereocenters. The molecule has 6 rings (SSSR count). The molecule has 0 bridgehead atoms. The summed E-state index contributed by atoms with van der Waals surface area (Å²) in [5.74, 6) is 0.833. The number of carbonyl (C=O) groups is 1. The Hall–Kier alpha value is -4.74. The van der Waals surface area contributed by atoms with Crippen LogP contribution in [0.3, 0.4) is 0 Å². The fraction of sp³-hybridized carbons (Fsp3) is 0.257. The van der Waals surface area contributed by atoms with Gasteiger partial charge >= 0.3 is 0 Å². The summed E-state index contributed by atoms with van der Waals surface area (Å²) in [5, 5.41) is 10.4. The number of amides is 1. The second-order valence-corrected chi connectivity index (χ2v) is 13.5. The van der Waals surface area contributed by atoms with Crippen molar-refractivity contribution in [3.8, 4) is 5.75 Å². The second kappa shape index (κ2) is 14.4. The van der Waals surface area contributed by atoms with Crippen LogP contribution in [0.4, 0.5) is 5.82 Å². The number of rotatable bonds is 11. The second-order valence-electron chi connectivity index (χ2n) is 11.8. The standard InChI is InChI=1S/C35H38N6O4S.ClH/c36-33(42)17-16-31-30-10-4-5-11-32(30)41(22-25-9-6-18-40(21-25)35(37)38)34(31)39-46(43,44)29-15-13-26-19-28(14-12-27(26)20-29)45-23-24-7-2-1-3-8-24;/h1-5,7-8,10-15,19-20,25,39H,6,9,16-18,21-23H2,(H2,36,42)(H3,37,38);1H/t25-;/m1./s1. The number of hydrogen-bond acceptors (Lipinski definition) is 5. The van der Waals surface area contributed by atoms with Gasteiger partial charge < -0.3 is 25.7 Å². The average molecular weight is 675 g/mol. The first-order valence-corrected chi connectivity index (χ1v) is 16.9. The summed E-state index contributed by atoms with van der Waals surface area (Å²) in [4.78, 5) is 13.8. The Morgan fingerprint density at radius 2 is 1.68 bits per heavy atom. The molecule has 246 valence electrons. The Morgan fingerprint density at radius 3 is 2.45 bits per heavy atom. The highest BCUT2D eigenvalue weighted by molar-refractivity contribution is 7.92. The number of nitrogens with one attached hydrogen (secondary N) is 2. The molecule has 0 spiro atoms. The Labute approximate surface area is 280 Å². The van der Waals surface area contributed by atoms with Gasteiger partial charge in [-0.15, -0.1) is 12.4 Å². The number of nitrogens with zero attached hydrogens (tertiary/aromatic N) is 2. The Bertz CT molecular complexity index is 2020. The predicted molar refractivity (Wildman–Crippen MR) is 188 cm³/mol. The highest BCUT2D eigenvalue weighted by atomic mass is 35.5. The maximum atomic E-state index is 14.0. The molecule has 1 aromatic heterocycles. The van der Waals surface area contributed by atoms with Crippen LogP contribution in [0.25, 0.3) is 21.7 Å². The van der Waals surface area contributed by atoms with Gasteiger partial charge in [0, 0.05) is 42.5 Å². The van der Waals surface area contributed by atoms with Crippen molar-refractivity contribution in [2.45, 2.75) is 43.7 Å². The first-order valence-electron chi connectivity index (χ1n) is 15.4. The minimum atomic E-state index is -4.04. The molecule has 5 aromatic rings. The molecule has 1 aliphatic heterocycles. The molecule has 0 aliphatic carbocycles. The van der Waals surface area contributed by atoms with Crippen LogP contribution in [0.2, 0.25) is 0 Å². The number of nitrogens with two attached hydrogens (primary N) is 2. The maximum Gasteiger partial charge on any atom is 0.263 e. The van der Waals surface area contributed by atoms with Gasteiger partial charge in [-0.25, -0.2) is 8.42 Å². The van der Waals surface area contributed by atoms with E-state index in [1.54, 1.807) is 18.2 Å². The van der Waals surface area contributed by atoms with E-state index in [0.717, 1.165) is 52.2 Å². The van der Waals surface area contributed by atoms with Gasteiger partial charge in [0.15, 0.2) is 5.96 Å². The molecule has 12 heteroatoms. The van der Waals surface area contributed by atoms with E-state index in [2.05, 4.69) is 4.72 Å². The molecule has 47 heavy (non-hydrogen) atoms. The lowest BCUT2D eigenvalue weighted by Crippen LogP contribution is -2.44. The Kier molecular flexibility index (Phi) is 10.3. The number of likely N-dealkylation sites (tertiary alicyclic amines) is 1. The molecule has 10 nitrogen and oxygen atoms in total. The number of aryl methyl sites for hydroxylation is 1. The molecule has 2 heterocycles. The SMILES string of the molecule is Cl.N=C(N)N1CCC[C@@H](Cn2c(NS(=O)(=O)c3ccc4cc(OCc5ccccc5)ccc4c3)c(CCC(N)=O)c3ccccc32)C1. The molecule has 1 aliphatic rings. The topological polar surface area (TPSA) is 157 Å². The predicted octanol–water partition coefficient (Wildman–Crippen LogP) is 5.62. The summed E-state index contributed by atoms with van der Waals surface area (Å²) < 4.78 is 38.9. The van der Waals surface area contributed by atoms with Gasteiger partial charge in [-0.1, -0.05) is 60.7 Å². The van der Waals surface area contributed by atoms with E-state index in [4.69, 9.17) is 21.6 Å². The molecule has 4 aromatic carbocycles. The number of piperidine rings is 1. The van der Waals surface area contributed by atoms with Crippen molar-refractivity contribution < 1.29 is 17.9 Å². The van der Waals surface area contributed by atoms with Crippen molar-refractivity contribution in [1.82, 2.24) is 9.47 Å². The lowest BCUT2D eigenvalue weighted by Gasteiger charge is -2.33. The van der Waals surface area contributed by atoms with Gasteiger partial charge in [0.25, 0.3) is 10.0 Å². The zero-order valence-electron chi connectivity index (χ0n) is 25.9. The van der Waals surface area contributed by atoms with E-state index in [1.807, 2.05) is 82.3 Å². The van der Waals surface area contributed by atoms with Crippen molar-refractivity contribution >= 4 is 61.8 Å². The first kappa shape index (κ1) is 33.6. The first-order chi connectivity index (χ1) is 22.2. The third kappa shape index (κ3) is 7.64. The summed E-state index contributed by atoms with van der Waals surface area (Å²) in [6, 6.07) is 28.2. The largest absolute Gasteiger partial charge is 0.489 e. The number of ether oxygens (including phenoxy) is 1. The average Bonchev–Trinajstić information content (AvgIpc) is 3.33. The van der Waals surface area contributed by atoms with Crippen LogP contribution in [-0.2, 0) is 34.4 Å². The van der Waals surface area contributed by atoms with Gasteiger partial charge in [-0.2, -0.15) is 0 Å². The maximum absolute atomic E-state index is 14.0. The minimum absolute atomic E-state index is 0. The number of primary amides is 1. The molecule has 1 amide bonds. The number of fused-ring (bicyclic) bond motifs is 2. The van der Waals surface area contributed by atoms with Gasteiger partial charge in [0.1, 0.15) is 18.2 Å². The number of anilines is 1. The fourth-order valence-corrected chi connectivity index (χ4v) is 7.39. The van der Waals surface area contributed by atoms with Crippen molar-refractivity contribution in [2.24, 2.45) is 17.4 Å².